The first-order chi connectivity index (χ1) is 16.9. The number of para-hydroxylation sites is 2. The molecular weight excluding hydrogens is 483 g/mol. The Hall–Kier alpha value is -2.83. The minimum Gasteiger partial charge on any atom is -0.495 e. The van der Waals surface area contributed by atoms with Gasteiger partial charge in [0.2, 0.25) is 0 Å². The summed E-state index contributed by atoms with van der Waals surface area (Å²) in [6, 6.07) is 13.6. The van der Waals surface area contributed by atoms with Gasteiger partial charge in [0.25, 0.3) is 5.91 Å². The fraction of sp³-hybridized carbons (Fsp3) is 0.370. The third-order valence-corrected chi connectivity index (χ3v) is 9.01. The van der Waals surface area contributed by atoms with Crippen LogP contribution in [0.15, 0.2) is 64.5 Å². The molecule has 35 heavy (non-hydrogen) atoms. The number of allylic oxidation sites excluding steroid dienone is 1. The minimum atomic E-state index is -0.616. The van der Waals surface area contributed by atoms with Gasteiger partial charge in [-0.1, -0.05) is 43.6 Å². The van der Waals surface area contributed by atoms with Crippen LogP contribution in [-0.4, -0.2) is 40.8 Å². The molecule has 8 heteroatoms. The van der Waals surface area contributed by atoms with Crippen molar-refractivity contribution in [3.8, 4) is 5.75 Å². The van der Waals surface area contributed by atoms with Gasteiger partial charge in [-0.05, 0) is 41.3 Å². The molecule has 0 aromatic heterocycles. The highest BCUT2D eigenvalue weighted by atomic mass is 35.5. The lowest BCUT2D eigenvalue weighted by atomic mass is 9.80. The van der Waals surface area contributed by atoms with Crippen LogP contribution in [0.2, 0.25) is 5.02 Å². The van der Waals surface area contributed by atoms with Crippen LogP contribution >= 0.6 is 23.2 Å². The molecule has 0 N–H and O–H groups in total. The summed E-state index contributed by atoms with van der Waals surface area (Å²) in [7, 11) is 1.66. The Morgan fingerprint density at radius 3 is 2.69 bits per heavy atom. The number of amides is 1. The molecule has 1 aliphatic carbocycles. The molecule has 178 valence electrons. The number of anilines is 1. The number of rotatable bonds is 3. The summed E-state index contributed by atoms with van der Waals surface area (Å²) in [6.45, 7) is 4.37. The Bertz CT molecular complexity index is 1380. The Kier molecular flexibility index (Phi) is 4.36. The Balaban J connectivity index is 1.45. The first-order valence-corrected chi connectivity index (χ1v) is 12.7. The van der Waals surface area contributed by atoms with Gasteiger partial charge in [-0.2, -0.15) is 5.10 Å². The van der Waals surface area contributed by atoms with E-state index in [1.54, 1.807) is 7.11 Å². The van der Waals surface area contributed by atoms with Crippen LogP contribution in [0.3, 0.4) is 0 Å². The molecule has 6 unspecified atom stereocenters. The maximum Gasteiger partial charge on any atom is 0.275 e. The van der Waals surface area contributed by atoms with Gasteiger partial charge in [-0.25, -0.2) is 0 Å². The first-order valence-electron chi connectivity index (χ1n) is 11.9. The molecule has 4 aliphatic heterocycles. The summed E-state index contributed by atoms with van der Waals surface area (Å²) in [5, 5.41) is 7.64. The van der Waals surface area contributed by atoms with Crippen molar-refractivity contribution in [2.75, 3.05) is 12.1 Å². The number of halogens is 2. The average molecular weight is 507 g/mol. The van der Waals surface area contributed by atoms with Gasteiger partial charge in [0.15, 0.2) is 0 Å². The fourth-order valence-electron chi connectivity index (χ4n) is 6.79. The van der Waals surface area contributed by atoms with Crippen molar-refractivity contribution in [3.63, 3.8) is 0 Å². The predicted molar refractivity (Wildman–Crippen MR) is 137 cm³/mol. The molecule has 6 atom stereocenters. The lowest BCUT2D eigenvalue weighted by molar-refractivity contribution is -0.122. The van der Waals surface area contributed by atoms with Crippen LogP contribution in [0.25, 0.3) is 0 Å². The highest BCUT2D eigenvalue weighted by molar-refractivity contribution is 6.43. The molecule has 2 fully saturated rings. The largest absolute Gasteiger partial charge is 0.495 e. The molecule has 5 aliphatic rings. The predicted octanol–water partition coefficient (Wildman–Crippen LogP) is 5.38. The van der Waals surface area contributed by atoms with Crippen molar-refractivity contribution in [2.24, 2.45) is 27.8 Å². The minimum absolute atomic E-state index is 0.00456. The van der Waals surface area contributed by atoms with Crippen molar-refractivity contribution in [1.29, 1.82) is 0 Å². The van der Waals surface area contributed by atoms with Crippen molar-refractivity contribution >= 4 is 46.7 Å². The van der Waals surface area contributed by atoms with Gasteiger partial charge in [-0.15, -0.1) is 11.6 Å². The van der Waals surface area contributed by atoms with E-state index in [1.165, 1.54) is 0 Å². The molecule has 1 amide bonds. The van der Waals surface area contributed by atoms with Gasteiger partial charge in [0.1, 0.15) is 17.1 Å². The van der Waals surface area contributed by atoms with E-state index in [4.69, 9.17) is 33.0 Å². The zero-order valence-corrected chi connectivity index (χ0v) is 21.0. The summed E-state index contributed by atoms with van der Waals surface area (Å²) in [4.78, 5) is 19.9. The standard InChI is InChI=1S/C27H24Cl2N4O2/c1-13(2)24-20-23(31-33(24)17-6-4-5-7-19(17)35-3)26(34)32-18-11-30-12-27(29)21(22(18)27)16-10-14(28)8-9-15(16)25(20)32/h4-13,20-22,24-25H,1-3H3. The topological polar surface area (TPSA) is 57.5 Å². The van der Waals surface area contributed by atoms with E-state index in [2.05, 4.69) is 24.9 Å². The molecule has 1 saturated carbocycles. The Morgan fingerprint density at radius 2 is 1.91 bits per heavy atom. The third-order valence-electron chi connectivity index (χ3n) is 8.21. The molecule has 4 heterocycles. The number of hydrogen-bond acceptors (Lipinski definition) is 5. The molecular formula is C27H24Cl2N4O2. The van der Waals surface area contributed by atoms with Crippen LogP contribution in [0.4, 0.5) is 5.69 Å². The summed E-state index contributed by atoms with van der Waals surface area (Å²) in [5.41, 5.74) is 4.54. The average Bonchev–Trinajstić information content (AvgIpc) is 3.20. The van der Waals surface area contributed by atoms with Crippen molar-refractivity contribution in [2.45, 2.75) is 36.7 Å². The van der Waals surface area contributed by atoms with Gasteiger partial charge >= 0.3 is 0 Å². The number of fused-ring (bicyclic) bond motifs is 8. The first kappa shape index (κ1) is 21.5. The van der Waals surface area contributed by atoms with E-state index < -0.39 is 4.87 Å². The molecule has 1 saturated heterocycles. The molecule has 0 bridgehead atoms. The molecule has 0 spiro atoms. The van der Waals surface area contributed by atoms with Crippen molar-refractivity contribution in [3.05, 3.63) is 70.5 Å². The number of hydrogen-bond donors (Lipinski definition) is 0. The van der Waals surface area contributed by atoms with E-state index in [9.17, 15) is 4.79 Å². The highest BCUT2D eigenvalue weighted by Crippen LogP contribution is 2.70. The van der Waals surface area contributed by atoms with Crippen LogP contribution in [0, 0.1) is 17.8 Å². The number of alkyl halides is 1. The zero-order valence-electron chi connectivity index (χ0n) is 19.5. The smallest absolute Gasteiger partial charge is 0.275 e. The van der Waals surface area contributed by atoms with E-state index in [0.717, 1.165) is 28.3 Å². The van der Waals surface area contributed by atoms with Crippen LogP contribution in [0.5, 0.6) is 5.75 Å². The number of methoxy groups -OCH3 is 1. The molecule has 2 aromatic carbocycles. The van der Waals surface area contributed by atoms with Crippen LogP contribution in [-0.2, 0) is 4.79 Å². The SMILES string of the molecule is COc1ccccc1N1N=C2C(=O)N3C4=CN=CC5(Cl)C4C5c4cc(Cl)ccc4C3C2C1C(C)C. The maximum atomic E-state index is 14.1. The lowest BCUT2D eigenvalue weighted by Crippen LogP contribution is -2.41. The van der Waals surface area contributed by atoms with Crippen LogP contribution in [0.1, 0.15) is 36.9 Å². The Labute approximate surface area is 213 Å². The quantitative estimate of drug-likeness (QED) is 0.525. The van der Waals surface area contributed by atoms with E-state index in [1.807, 2.05) is 58.7 Å². The van der Waals surface area contributed by atoms with Gasteiger partial charge in [0.05, 0.1) is 30.0 Å². The lowest BCUT2D eigenvalue weighted by Gasteiger charge is -2.37. The second kappa shape index (κ2) is 7.11. The molecule has 7 rings (SSSR count). The summed E-state index contributed by atoms with van der Waals surface area (Å²) in [6.07, 6.45) is 3.63. The number of carbonyl (C=O) groups is 1. The van der Waals surface area contributed by atoms with E-state index in [0.29, 0.717) is 10.7 Å². The number of nitrogens with zero attached hydrogens (tertiary/aromatic N) is 4. The molecule has 2 aromatic rings. The number of hydrazone groups is 1. The van der Waals surface area contributed by atoms with Crippen LogP contribution < -0.4 is 9.75 Å². The summed E-state index contributed by atoms with van der Waals surface area (Å²) in [5.74, 6) is 0.795. The Morgan fingerprint density at radius 1 is 1.11 bits per heavy atom. The monoisotopic (exact) mass is 506 g/mol. The van der Waals surface area contributed by atoms with Crippen molar-refractivity contribution < 1.29 is 9.53 Å². The number of benzene rings is 2. The van der Waals surface area contributed by atoms with Crippen molar-refractivity contribution in [1.82, 2.24) is 4.90 Å². The summed E-state index contributed by atoms with van der Waals surface area (Å²) < 4.78 is 5.66. The van der Waals surface area contributed by atoms with Gasteiger partial charge in [0, 0.05) is 35.0 Å². The second-order valence-electron chi connectivity index (χ2n) is 10.3. The summed E-state index contributed by atoms with van der Waals surface area (Å²) >= 11 is 13.5. The molecule has 6 nitrogen and oxygen atoms in total. The second-order valence-corrected chi connectivity index (χ2v) is 11.4. The number of aliphatic imine (C=N–C) groups is 1. The highest BCUT2D eigenvalue weighted by Gasteiger charge is 2.72. The fourth-order valence-corrected chi connectivity index (χ4v) is 7.45. The van der Waals surface area contributed by atoms with Gasteiger partial charge in [-0.3, -0.25) is 14.8 Å². The van der Waals surface area contributed by atoms with E-state index in [-0.39, 0.29) is 41.7 Å². The third kappa shape index (κ3) is 2.64. The maximum absolute atomic E-state index is 14.1. The molecule has 0 radical (unpaired) electrons. The zero-order chi connectivity index (χ0) is 24.2. The van der Waals surface area contributed by atoms with E-state index >= 15 is 0 Å². The number of ether oxygens (including phenoxy) is 1. The number of carbonyl (C=O) groups excluding carboxylic acids is 1. The van der Waals surface area contributed by atoms with Gasteiger partial charge < -0.3 is 9.64 Å². The normalized spacial score (nSPS) is 33.5.